The number of carbonyl (C=O) groups excluding carboxylic acids is 1. The van der Waals surface area contributed by atoms with Crippen LogP contribution in [0.5, 0.6) is 0 Å². The van der Waals surface area contributed by atoms with Crippen LogP contribution < -0.4 is 5.73 Å². The van der Waals surface area contributed by atoms with Crippen LogP contribution in [-0.2, 0) is 0 Å². The second-order valence-electron chi connectivity index (χ2n) is 5.16. The summed E-state index contributed by atoms with van der Waals surface area (Å²) in [5, 5.41) is 0. The monoisotopic (exact) mass is 213 g/mol. The number of nitrogens with zero attached hydrogens (tertiary/aromatic N) is 2. The van der Waals surface area contributed by atoms with Crippen molar-refractivity contribution >= 4 is 6.03 Å². The third kappa shape index (κ3) is 3.38. The zero-order valence-electron chi connectivity index (χ0n) is 10.1. The average molecular weight is 213 g/mol. The molecule has 15 heavy (non-hydrogen) atoms. The summed E-state index contributed by atoms with van der Waals surface area (Å²) >= 11 is 0. The quantitative estimate of drug-likeness (QED) is 0.744. The van der Waals surface area contributed by atoms with Gasteiger partial charge in [-0.25, -0.2) is 4.79 Å². The molecule has 1 saturated heterocycles. The van der Waals surface area contributed by atoms with Crippen molar-refractivity contribution in [3.05, 3.63) is 0 Å². The highest BCUT2D eigenvalue weighted by atomic mass is 16.2. The van der Waals surface area contributed by atoms with Crippen molar-refractivity contribution in [2.24, 2.45) is 11.1 Å². The lowest BCUT2D eigenvalue weighted by atomic mass is 9.88. The molecule has 0 aromatic carbocycles. The third-order valence-corrected chi connectivity index (χ3v) is 3.14. The summed E-state index contributed by atoms with van der Waals surface area (Å²) in [4.78, 5) is 15.3. The fourth-order valence-corrected chi connectivity index (χ4v) is 1.76. The number of likely N-dealkylation sites (N-methyl/N-ethyl adjacent to an activating group) is 1. The van der Waals surface area contributed by atoms with Crippen LogP contribution in [0, 0.1) is 5.41 Å². The summed E-state index contributed by atoms with van der Waals surface area (Å²) in [6.45, 7) is 7.65. The van der Waals surface area contributed by atoms with Gasteiger partial charge < -0.3 is 15.5 Å². The number of hydrogen-bond donors (Lipinski definition) is 1. The SMILES string of the molecule is CN1CCN(CCCC(C)(C)CN)C1=O. The summed E-state index contributed by atoms with van der Waals surface area (Å²) < 4.78 is 0. The molecule has 2 N–H and O–H groups in total. The second-order valence-corrected chi connectivity index (χ2v) is 5.16. The Morgan fingerprint density at radius 1 is 1.40 bits per heavy atom. The van der Waals surface area contributed by atoms with E-state index in [9.17, 15) is 4.79 Å². The van der Waals surface area contributed by atoms with E-state index in [1.807, 2.05) is 11.9 Å². The zero-order chi connectivity index (χ0) is 11.5. The summed E-state index contributed by atoms with van der Waals surface area (Å²) in [6.07, 6.45) is 2.13. The molecule has 0 aliphatic carbocycles. The Kier molecular flexibility index (Phi) is 3.97. The number of carbonyl (C=O) groups is 1. The maximum Gasteiger partial charge on any atom is 0.319 e. The fraction of sp³-hybridized carbons (Fsp3) is 0.909. The van der Waals surface area contributed by atoms with Crippen molar-refractivity contribution in [2.75, 3.05) is 33.2 Å². The molecule has 1 rings (SSSR count). The summed E-state index contributed by atoms with van der Waals surface area (Å²) in [5.41, 5.74) is 5.86. The van der Waals surface area contributed by atoms with Gasteiger partial charge >= 0.3 is 6.03 Å². The van der Waals surface area contributed by atoms with E-state index >= 15 is 0 Å². The van der Waals surface area contributed by atoms with Gasteiger partial charge in [-0.05, 0) is 24.8 Å². The van der Waals surface area contributed by atoms with Crippen LogP contribution in [0.15, 0.2) is 0 Å². The van der Waals surface area contributed by atoms with E-state index in [0.717, 1.165) is 32.5 Å². The molecule has 4 heteroatoms. The Bertz CT molecular complexity index is 228. The van der Waals surface area contributed by atoms with Crippen molar-refractivity contribution < 1.29 is 4.79 Å². The van der Waals surface area contributed by atoms with Gasteiger partial charge in [-0.1, -0.05) is 13.8 Å². The number of urea groups is 1. The molecule has 0 unspecified atom stereocenters. The third-order valence-electron chi connectivity index (χ3n) is 3.14. The molecular weight excluding hydrogens is 190 g/mol. The highest BCUT2D eigenvalue weighted by Gasteiger charge is 2.25. The van der Waals surface area contributed by atoms with Gasteiger partial charge in [0.1, 0.15) is 0 Å². The Balaban J connectivity index is 2.24. The van der Waals surface area contributed by atoms with E-state index < -0.39 is 0 Å². The molecule has 1 aliphatic heterocycles. The lowest BCUT2D eigenvalue weighted by Gasteiger charge is -2.23. The molecule has 1 heterocycles. The molecule has 1 fully saturated rings. The largest absolute Gasteiger partial charge is 0.330 e. The minimum Gasteiger partial charge on any atom is -0.330 e. The summed E-state index contributed by atoms with van der Waals surface area (Å²) in [5.74, 6) is 0. The number of amides is 2. The average Bonchev–Trinajstić information content (AvgIpc) is 2.49. The molecule has 0 spiro atoms. The van der Waals surface area contributed by atoms with Crippen LogP contribution in [0.4, 0.5) is 4.79 Å². The predicted octanol–water partition coefficient (Wildman–Crippen LogP) is 1.12. The first-order chi connectivity index (χ1) is 6.96. The molecular formula is C11H23N3O. The van der Waals surface area contributed by atoms with Gasteiger partial charge in [-0.3, -0.25) is 0 Å². The van der Waals surface area contributed by atoms with Crippen molar-refractivity contribution in [1.82, 2.24) is 9.80 Å². The van der Waals surface area contributed by atoms with Gasteiger partial charge in [0.2, 0.25) is 0 Å². The Morgan fingerprint density at radius 3 is 2.53 bits per heavy atom. The number of rotatable bonds is 5. The molecule has 0 saturated carbocycles. The first kappa shape index (κ1) is 12.3. The van der Waals surface area contributed by atoms with Crippen LogP contribution in [0.25, 0.3) is 0 Å². The Labute approximate surface area is 92.4 Å². The van der Waals surface area contributed by atoms with E-state index in [4.69, 9.17) is 5.73 Å². The molecule has 0 aromatic rings. The summed E-state index contributed by atoms with van der Waals surface area (Å²) in [7, 11) is 1.85. The van der Waals surface area contributed by atoms with Gasteiger partial charge in [0.25, 0.3) is 0 Å². The summed E-state index contributed by atoms with van der Waals surface area (Å²) in [6, 6.07) is 0.167. The van der Waals surface area contributed by atoms with Crippen molar-refractivity contribution in [3.63, 3.8) is 0 Å². The normalized spacial score (nSPS) is 17.7. The van der Waals surface area contributed by atoms with Gasteiger partial charge in [0.15, 0.2) is 0 Å². The predicted molar refractivity (Wildman–Crippen MR) is 61.7 cm³/mol. The van der Waals surface area contributed by atoms with E-state index in [-0.39, 0.29) is 11.4 Å². The maximum absolute atomic E-state index is 11.6. The van der Waals surface area contributed by atoms with E-state index in [0.29, 0.717) is 6.54 Å². The lowest BCUT2D eigenvalue weighted by Crippen LogP contribution is -2.31. The van der Waals surface area contributed by atoms with Gasteiger partial charge in [0.05, 0.1) is 0 Å². The smallest absolute Gasteiger partial charge is 0.319 e. The van der Waals surface area contributed by atoms with E-state index in [2.05, 4.69) is 13.8 Å². The first-order valence-electron chi connectivity index (χ1n) is 5.66. The Hall–Kier alpha value is -0.770. The fourth-order valence-electron chi connectivity index (χ4n) is 1.76. The number of nitrogens with two attached hydrogens (primary N) is 1. The topological polar surface area (TPSA) is 49.6 Å². The maximum atomic E-state index is 11.6. The first-order valence-corrected chi connectivity index (χ1v) is 5.66. The minimum atomic E-state index is 0.167. The molecule has 4 nitrogen and oxygen atoms in total. The molecule has 0 atom stereocenters. The lowest BCUT2D eigenvalue weighted by molar-refractivity contribution is 0.195. The molecule has 88 valence electrons. The molecule has 2 amide bonds. The Morgan fingerprint density at radius 2 is 2.07 bits per heavy atom. The van der Waals surface area contributed by atoms with Crippen LogP contribution >= 0.6 is 0 Å². The van der Waals surface area contributed by atoms with Crippen LogP contribution in [0.1, 0.15) is 26.7 Å². The van der Waals surface area contributed by atoms with Gasteiger partial charge in [0, 0.05) is 26.7 Å². The highest BCUT2D eigenvalue weighted by molar-refractivity contribution is 5.76. The van der Waals surface area contributed by atoms with Crippen molar-refractivity contribution in [3.8, 4) is 0 Å². The zero-order valence-corrected chi connectivity index (χ0v) is 10.1. The van der Waals surface area contributed by atoms with Crippen molar-refractivity contribution in [1.29, 1.82) is 0 Å². The van der Waals surface area contributed by atoms with Crippen LogP contribution in [-0.4, -0.2) is 49.1 Å². The number of hydrogen-bond acceptors (Lipinski definition) is 2. The second kappa shape index (κ2) is 4.84. The van der Waals surface area contributed by atoms with E-state index in [1.54, 1.807) is 4.90 Å². The van der Waals surface area contributed by atoms with Gasteiger partial charge in [-0.15, -0.1) is 0 Å². The molecule has 0 aromatic heterocycles. The molecule has 0 radical (unpaired) electrons. The van der Waals surface area contributed by atoms with E-state index in [1.165, 1.54) is 0 Å². The van der Waals surface area contributed by atoms with Crippen LogP contribution in [0.3, 0.4) is 0 Å². The standard InChI is InChI=1S/C11H23N3O/c1-11(2,9-12)5-4-6-14-8-7-13(3)10(14)15/h4-9,12H2,1-3H3. The van der Waals surface area contributed by atoms with Gasteiger partial charge in [-0.2, -0.15) is 0 Å². The minimum absolute atomic E-state index is 0.167. The van der Waals surface area contributed by atoms with Crippen molar-refractivity contribution in [2.45, 2.75) is 26.7 Å². The highest BCUT2D eigenvalue weighted by Crippen LogP contribution is 2.20. The molecule has 1 aliphatic rings. The van der Waals surface area contributed by atoms with Crippen LogP contribution in [0.2, 0.25) is 0 Å². The molecule has 0 bridgehead atoms.